The van der Waals surface area contributed by atoms with Crippen LogP contribution in [0.2, 0.25) is 0 Å². The zero-order chi connectivity index (χ0) is 16.3. The Morgan fingerprint density at radius 2 is 1.55 bits per heavy atom. The van der Waals surface area contributed by atoms with Crippen LogP contribution in [-0.2, 0) is 10.0 Å². The Morgan fingerprint density at radius 1 is 1.00 bits per heavy atom. The van der Waals surface area contributed by atoms with Gasteiger partial charge < -0.3 is 4.90 Å². The van der Waals surface area contributed by atoms with E-state index in [9.17, 15) is 13.2 Å². The lowest BCUT2D eigenvalue weighted by Crippen LogP contribution is -2.38. The molecule has 1 aromatic carbocycles. The van der Waals surface area contributed by atoms with Crippen LogP contribution in [0.3, 0.4) is 0 Å². The molecule has 0 radical (unpaired) electrons. The Labute approximate surface area is 133 Å². The molecule has 0 heterocycles. The van der Waals surface area contributed by atoms with Crippen LogP contribution in [0, 0.1) is 0 Å². The van der Waals surface area contributed by atoms with E-state index in [1.165, 1.54) is 45.5 Å². The minimum absolute atomic E-state index is 0.0410. The monoisotopic (exact) mass is 324 g/mol. The Bertz CT molecular complexity index is 617. The zero-order valence-electron chi connectivity index (χ0n) is 13.4. The van der Waals surface area contributed by atoms with E-state index in [2.05, 4.69) is 0 Å². The van der Waals surface area contributed by atoms with Gasteiger partial charge in [0.25, 0.3) is 5.91 Å². The third-order valence-corrected chi connectivity index (χ3v) is 6.15. The van der Waals surface area contributed by atoms with Crippen LogP contribution < -0.4 is 0 Å². The van der Waals surface area contributed by atoms with Crippen molar-refractivity contribution in [3.63, 3.8) is 0 Å². The molecule has 1 saturated carbocycles. The van der Waals surface area contributed by atoms with Crippen LogP contribution in [0.5, 0.6) is 0 Å². The Morgan fingerprint density at radius 3 is 2.05 bits per heavy atom. The highest BCUT2D eigenvalue weighted by Gasteiger charge is 2.23. The number of nitrogens with zero attached hydrogens (tertiary/aromatic N) is 2. The van der Waals surface area contributed by atoms with Crippen LogP contribution in [0.1, 0.15) is 42.5 Å². The van der Waals surface area contributed by atoms with Gasteiger partial charge in [0.1, 0.15) is 0 Å². The third-order valence-electron chi connectivity index (χ3n) is 4.32. The first-order valence-corrected chi connectivity index (χ1v) is 9.08. The van der Waals surface area contributed by atoms with Crippen molar-refractivity contribution in [3.05, 3.63) is 29.8 Å². The highest BCUT2D eigenvalue weighted by molar-refractivity contribution is 7.89. The first kappa shape index (κ1) is 17.0. The third kappa shape index (κ3) is 3.50. The van der Waals surface area contributed by atoms with Crippen molar-refractivity contribution in [2.45, 2.75) is 43.0 Å². The predicted molar refractivity (Wildman–Crippen MR) is 86.3 cm³/mol. The molecule has 5 nitrogen and oxygen atoms in total. The van der Waals surface area contributed by atoms with Crippen molar-refractivity contribution in [1.29, 1.82) is 0 Å². The van der Waals surface area contributed by atoms with Crippen molar-refractivity contribution in [2.24, 2.45) is 0 Å². The van der Waals surface area contributed by atoms with E-state index in [0.717, 1.165) is 17.1 Å². The number of sulfonamides is 1. The second-order valence-electron chi connectivity index (χ2n) is 6.02. The van der Waals surface area contributed by atoms with Gasteiger partial charge in [0.05, 0.1) is 4.90 Å². The van der Waals surface area contributed by atoms with Crippen LogP contribution in [0.25, 0.3) is 0 Å². The molecule has 22 heavy (non-hydrogen) atoms. The lowest BCUT2D eigenvalue weighted by Gasteiger charge is -2.31. The maximum atomic E-state index is 12.5. The van der Waals surface area contributed by atoms with Gasteiger partial charge in [0.15, 0.2) is 0 Å². The van der Waals surface area contributed by atoms with E-state index in [4.69, 9.17) is 0 Å². The summed E-state index contributed by atoms with van der Waals surface area (Å²) in [6.07, 6.45) is 5.69. The molecular formula is C16H24N2O3S. The molecule has 0 bridgehead atoms. The summed E-state index contributed by atoms with van der Waals surface area (Å²) in [4.78, 5) is 14.5. The van der Waals surface area contributed by atoms with E-state index < -0.39 is 10.0 Å². The van der Waals surface area contributed by atoms with Gasteiger partial charge in [-0.15, -0.1) is 0 Å². The molecule has 0 aromatic heterocycles. The number of carbonyl (C=O) groups excluding carboxylic acids is 1. The van der Waals surface area contributed by atoms with Crippen LogP contribution in [0.4, 0.5) is 0 Å². The standard InChI is InChI=1S/C16H24N2O3S/c1-17(2)22(20,21)15-11-9-13(10-12-15)16(19)18(3)14-7-5-4-6-8-14/h9-12,14H,4-8H2,1-3H3. The number of hydrogen-bond donors (Lipinski definition) is 0. The summed E-state index contributed by atoms with van der Waals surface area (Å²) in [5.41, 5.74) is 0.533. The molecule has 1 fully saturated rings. The molecule has 0 aliphatic heterocycles. The van der Waals surface area contributed by atoms with Crippen LogP contribution in [0.15, 0.2) is 29.2 Å². The molecule has 0 atom stereocenters. The van der Waals surface area contributed by atoms with Crippen LogP contribution in [-0.4, -0.2) is 50.7 Å². The molecule has 0 N–H and O–H groups in total. The van der Waals surface area contributed by atoms with Crippen molar-refractivity contribution in [1.82, 2.24) is 9.21 Å². The lowest BCUT2D eigenvalue weighted by atomic mass is 9.94. The Balaban J connectivity index is 2.14. The molecule has 1 aliphatic rings. The fourth-order valence-electron chi connectivity index (χ4n) is 2.82. The molecule has 2 rings (SSSR count). The fraction of sp³-hybridized carbons (Fsp3) is 0.562. The smallest absolute Gasteiger partial charge is 0.253 e. The zero-order valence-corrected chi connectivity index (χ0v) is 14.3. The average molecular weight is 324 g/mol. The van der Waals surface area contributed by atoms with Gasteiger partial charge >= 0.3 is 0 Å². The Hall–Kier alpha value is -1.40. The largest absolute Gasteiger partial charge is 0.339 e. The molecule has 6 heteroatoms. The molecule has 0 unspecified atom stereocenters. The first-order valence-electron chi connectivity index (χ1n) is 7.64. The van der Waals surface area contributed by atoms with E-state index in [1.54, 1.807) is 17.0 Å². The fourth-order valence-corrected chi connectivity index (χ4v) is 3.72. The molecule has 0 saturated heterocycles. The minimum Gasteiger partial charge on any atom is -0.339 e. The van der Waals surface area contributed by atoms with Gasteiger partial charge in [-0.25, -0.2) is 12.7 Å². The number of rotatable bonds is 4. The second kappa shape index (κ2) is 6.79. The summed E-state index contributed by atoms with van der Waals surface area (Å²) in [5.74, 6) is -0.0410. The highest BCUT2D eigenvalue weighted by Crippen LogP contribution is 2.23. The van der Waals surface area contributed by atoms with E-state index in [0.29, 0.717) is 11.6 Å². The Kier molecular flexibility index (Phi) is 5.24. The van der Waals surface area contributed by atoms with Gasteiger partial charge in [-0.3, -0.25) is 4.79 Å². The lowest BCUT2D eigenvalue weighted by molar-refractivity contribution is 0.0696. The molecular weight excluding hydrogens is 300 g/mol. The van der Waals surface area contributed by atoms with E-state index in [1.807, 2.05) is 7.05 Å². The summed E-state index contributed by atoms with van der Waals surface area (Å²) in [6, 6.07) is 6.48. The summed E-state index contributed by atoms with van der Waals surface area (Å²) < 4.78 is 25.2. The molecule has 1 aliphatic carbocycles. The van der Waals surface area contributed by atoms with Gasteiger partial charge in [-0.1, -0.05) is 19.3 Å². The van der Waals surface area contributed by atoms with Gasteiger partial charge in [-0.05, 0) is 37.1 Å². The number of amides is 1. The maximum absolute atomic E-state index is 12.5. The highest BCUT2D eigenvalue weighted by atomic mass is 32.2. The molecule has 1 amide bonds. The minimum atomic E-state index is -3.45. The van der Waals surface area contributed by atoms with E-state index in [-0.39, 0.29) is 10.8 Å². The molecule has 122 valence electrons. The number of benzene rings is 1. The van der Waals surface area contributed by atoms with Crippen molar-refractivity contribution in [2.75, 3.05) is 21.1 Å². The van der Waals surface area contributed by atoms with Crippen molar-refractivity contribution >= 4 is 15.9 Å². The summed E-state index contributed by atoms with van der Waals surface area (Å²) >= 11 is 0. The predicted octanol–water partition coefficient (Wildman–Crippen LogP) is 2.34. The summed E-state index contributed by atoms with van der Waals surface area (Å²) in [5, 5.41) is 0. The SMILES string of the molecule is CN(C(=O)c1ccc(S(=O)(=O)N(C)C)cc1)C1CCCCC1. The maximum Gasteiger partial charge on any atom is 0.253 e. The van der Waals surface area contributed by atoms with Gasteiger partial charge in [0, 0.05) is 32.7 Å². The first-order chi connectivity index (χ1) is 10.3. The summed E-state index contributed by atoms with van der Waals surface area (Å²) in [7, 11) is 1.37. The summed E-state index contributed by atoms with van der Waals surface area (Å²) in [6.45, 7) is 0. The normalized spacial score (nSPS) is 16.7. The van der Waals surface area contributed by atoms with Gasteiger partial charge in [-0.2, -0.15) is 0 Å². The molecule has 0 spiro atoms. The average Bonchev–Trinajstić information content (AvgIpc) is 2.54. The van der Waals surface area contributed by atoms with Gasteiger partial charge in [0.2, 0.25) is 10.0 Å². The number of carbonyl (C=O) groups is 1. The number of hydrogen-bond acceptors (Lipinski definition) is 3. The van der Waals surface area contributed by atoms with Crippen LogP contribution >= 0.6 is 0 Å². The molecule has 1 aromatic rings. The van der Waals surface area contributed by atoms with Crippen molar-refractivity contribution in [3.8, 4) is 0 Å². The van der Waals surface area contributed by atoms with Crippen molar-refractivity contribution < 1.29 is 13.2 Å². The second-order valence-corrected chi connectivity index (χ2v) is 8.17. The van der Waals surface area contributed by atoms with E-state index >= 15 is 0 Å². The topological polar surface area (TPSA) is 57.7 Å². The quantitative estimate of drug-likeness (QED) is 0.854.